The molecule has 15 heavy (non-hydrogen) atoms. The van der Waals surface area contributed by atoms with E-state index in [2.05, 4.69) is 29.8 Å². The van der Waals surface area contributed by atoms with E-state index in [4.69, 9.17) is 5.26 Å². The summed E-state index contributed by atoms with van der Waals surface area (Å²) >= 11 is 1.68. The molecular formula is C11H17N3S. The summed E-state index contributed by atoms with van der Waals surface area (Å²) in [5.41, 5.74) is 0. The van der Waals surface area contributed by atoms with Crippen LogP contribution in [0, 0.1) is 17.2 Å². The molecule has 0 aliphatic heterocycles. The molecule has 3 nitrogen and oxygen atoms in total. The molecule has 4 heteroatoms. The van der Waals surface area contributed by atoms with E-state index in [-0.39, 0.29) is 0 Å². The van der Waals surface area contributed by atoms with Crippen LogP contribution in [0.4, 0.5) is 0 Å². The summed E-state index contributed by atoms with van der Waals surface area (Å²) in [5.74, 6) is 0.628. The quantitative estimate of drug-likeness (QED) is 0.744. The Morgan fingerprint density at radius 2 is 2.40 bits per heavy atom. The second-order valence-electron chi connectivity index (χ2n) is 3.96. The topological polar surface area (TPSA) is 39.9 Å². The number of nitriles is 1. The van der Waals surface area contributed by atoms with Crippen LogP contribution in [-0.4, -0.2) is 23.0 Å². The molecule has 0 aromatic carbocycles. The number of aromatic nitrogens is 1. The SMILES string of the molecule is CC(C)CN(CCC#N)Cc1nccs1. The van der Waals surface area contributed by atoms with E-state index in [9.17, 15) is 0 Å². The van der Waals surface area contributed by atoms with Gasteiger partial charge in [0.2, 0.25) is 0 Å². The number of rotatable bonds is 6. The smallest absolute Gasteiger partial charge is 0.107 e. The van der Waals surface area contributed by atoms with Crippen molar-refractivity contribution in [1.82, 2.24) is 9.88 Å². The van der Waals surface area contributed by atoms with Crippen molar-refractivity contribution in [2.24, 2.45) is 5.92 Å². The van der Waals surface area contributed by atoms with Gasteiger partial charge in [-0.1, -0.05) is 13.8 Å². The fourth-order valence-electron chi connectivity index (χ4n) is 1.48. The summed E-state index contributed by atoms with van der Waals surface area (Å²) in [6.45, 7) is 7.13. The van der Waals surface area contributed by atoms with E-state index in [0.29, 0.717) is 12.3 Å². The minimum atomic E-state index is 0.595. The number of hydrogen-bond donors (Lipinski definition) is 0. The van der Waals surface area contributed by atoms with Crippen molar-refractivity contribution in [1.29, 1.82) is 5.26 Å². The molecule has 0 radical (unpaired) electrons. The van der Waals surface area contributed by atoms with E-state index < -0.39 is 0 Å². The fraction of sp³-hybridized carbons (Fsp3) is 0.636. The summed E-state index contributed by atoms with van der Waals surface area (Å²) in [7, 11) is 0. The highest BCUT2D eigenvalue weighted by Gasteiger charge is 2.09. The third kappa shape index (κ3) is 4.91. The van der Waals surface area contributed by atoms with Gasteiger partial charge in [-0.25, -0.2) is 4.98 Å². The Balaban J connectivity index is 2.45. The second-order valence-corrected chi connectivity index (χ2v) is 4.94. The van der Waals surface area contributed by atoms with Crippen molar-refractivity contribution in [3.8, 4) is 6.07 Å². The van der Waals surface area contributed by atoms with E-state index in [1.807, 2.05) is 11.6 Å². The third-order valence-corrected chi connectivity index (χ3v) is 2.77. The number of hydrogen-bond acceptors (Lipinski definition) is 4. The van der Waals surface area contributed by atoms with Crippen LogP contribution in [0.15, 0.2) is 11.6 Å². The maximum absolute atomic E-state index is 8.59. The zero-order chi connectivity index (χ0) is 11.1. The zero-order valence-electron chi connectivity index (χ0n) is 9.31. The minimum absolute atomic E-state index is 0.595. The molecule has 0 N–H and O–H groups in total. The Kier molecular flexibility index (Phi) is 5.30. The highest BCUT2D eigenvalue weighted by atomic mass is 32.1. The molecule has 0 fully saturated rings. The van der Waals surface area contributed by atoms with Gasteiger partial charge in [-0.15, -0.1) is 11.3 Å². The molecule has 0 amide bonds. The first-order valence-electron chi connectivity index (χ1n) is 5.20. The van der Waals surface area contributed by atoms with Crippen LogP contribution in [0.3, 0.4) is 0 Å². The average molecular weight is 223 g/mol. The Labute approximate surface area is 95.4 Å². The predicted octanol–water partition coefficient (Wildman–Crippen LogP) is 2.51. The molecule has 0 aliphatic rings. The molecule has 1 aromatic rings. The van der Waals surface area contributed by atoms with Gasteiger partial charge in [0.05, 0.1) is 12.6 Å². The van der Waals surface area contributed by atoms with Gasteiger partial charge in [0, 0.05) is 31.1 Å². The maximum atomic E-state index is 8.59. The van der Waals surface area contributed by atoms with E-state index in [1.54, 1.807) is 11.3 Å². The maximum Gasteiger partial charge on any atom is 0.107 e. The van der Waals surface area contributed by atoms with Crippen molar-refractivity contribution >= 4 is 11.3 Å². The molecular weight excluding hydrogens is 206 g/mol. The lowest BCUT2D eigenvalue weighted by Gasteiger charge is -2.21. The normalized spacial score (nSPS) is 10.9. The van der Waals surface area contributed by atoms with Gasteiger partial charge >= 0.3 is 0 Å². The van der Waals surface area contributed by atoms with Crippen LogP contribution in [0.25, 0.3) is 0 Å². The Bertz CT molecular complexity index is 300. The molecule has 0 spiro atoms. The molecule has 0 saturated carbocycles. The summed E-state index contributed by atoms with van der Waals surface area (Å²) in [6.07, 6.45) is 2.43. The van der Waals surface area contributed by atoms with Crippen LogP contribution >= 0.6 is 11.3 Å². The molecule has 0 unspecified atom stereocenters. The van der Waals surface area contributed by atoms with Crippen molar-refractivity contribution in [3.05, 3.63) is 16.6 Å². The Morgan fingerprint density at radius 3 is 2.93 bits per heavy atom. The minimum Gasteiger partial charge on any atom is -0.295 e. The molecule has 0 bridgehead atoms. The lowest BCUT2D eigenvalue weighted by Crippen LogP contribution is -2.28. The first-order chi connectivity index (χ1) is 7.22. The lowest BCUT2D eigenvalue weighted by molar-refractivity contribution is 0.241. The Morgan fingerprint density at radius 1 is 1.60 bits per heavy atom. The fourth-order valence-corrected chi connectivity index (χ4v) is 2.14. The van der Waals surface area contributed by atoms with Crippen LogP contribution in [0.5, 0.6) is 0 Å². The molecule has 0 saturated heterocycles. The summed E-state index contributed by atoms with van der Waals surface area (Å²) < 4.78 is 0. The van der Waals surface area contributed by atoms with Gasteiger partial charge in [-0.3, -0.25) is 4.90 Å². The zero-order valence-corrected chi connectivity index (χ0v) is 10.1. The van der Waals surface area contributed by atoms with Gasteiger partial charge < -0.3 is 0 Å². The van der Waals surface area contributed by atoms with Gasteiger partial charge in [-0.05, 0) is 5.92 Å². The Hall–Kier alpha value is -0.920. The summed E-state index contributed by atoms with van der Waals surface area (Å²) in [5, 5.41) is 11.7. The monoisotopic (exact) mass is 223 g/mol. The van der Waals surface area contributed by atoms with Gasteiger partial charge in [0.15, 0.2) is 0 Å². The molecule has 0 aliphatic carbocycles. The van der Waals surface area contributed by atoms with Crippen molar-refractivity contribution in [2.45, 2.75) is 26.8 Å². The van der Waals surface area contributed by atoms with Gasteiger partial charge in [0.25, 0.3) is 0 Å². The third-order valence-electron chi connectivity index (χ3n) is 2.01. The number of nitrogens with zero attached hydrogens (tertiary/aromatic N) is 3. The largest absolute Gasteiger partial charge is 0.295 e. The lowest BCUT2D eigenvalue weighted by atomic mass is 10.2. The number of thiazole rings is 1. The predicted molar refractivity (Wildman–Crippen MR) is 62.5 cm³/mol. The standard InChI is InChI=1S/C11H17N3S/c1-10(2)8-14(6-3-4-12)9-11-13-5-7-15-11/h5,7,10H,3,6,8-9H2,1-2H3. The molecule has 0 atom stereocenters. The van der Waals surface area contributed by atoms with E-state index >= 15 is 0 Å². The van der Waals surface area contributed by atoms with Crippen LogP contribution in [0.1, 0.15) is 25.3 Å². The van der Waals surface area contributed by atoms with E-state index in [1.165, 1.54) is 0 Å². The van der Waals surface area contributed by atoms with Gasteiger partial charge in [0.1, 0.15) is 5.01 Å². The molecule has 82 valence electrons. The van der Waals surface area contributed by atoms with E-state index in [0.717, 1.165) is 24.6 Å². The molecule has 1 heterocycles. The first kappa shape index (κ1) is 12.2. The highest BCUT2D eigenvalue weighted by molar-refractivity contribution is 7.09. The van der Waals surface area contributed by atoms with Crippen molar-refractivity contribution in [3.63, 3.8) is 0 Å². The second kappa shape index (κ2) is 6.54. The average Bonchev–Trinajstić information content (AvgIpc) is 2.66. The first-order valence-corrected chi connectivity index (χ1v) is 6.08. The molecule has 1 rings (SSSR count). The van der Waals surface area contributed by atoms with Crippen molar-refractivity contribution < 1.29 is 0 Å². The van der Waals surface area contributed by atoms with Gasteiger partial charge in [-0.2, -0.15) is 5.26 Å². The molecule has 1 aromatic heterocycles. The summed E-state index contributed by atoms with van der Waals surface area (Å²) in [6, 6.07) is 2.19. The van der Waals surface area contributed by atoms with Crippen LogP contribution < -0.4 is 0 Å². The van der Waals surface area contributed by atoms with Crippen LogP contribution in [0.2, 0.25) is 0 Å². The van der Waals surface area contributed by atoms with Crippen molar-refractivity contribution in [2.75, 3.05) is 13.1 Å². The summed E-state index contributed by atoms with van der Waals surface area (Å²) in [4.78, 5) is 6.56. The van der Waals surface area contributed by atoms with Crippen LogP contribution in [-0.2, 0) is 6.54 Å². The highest BCUT2D eigenvalue weighted by Crippen LogP contribution is 2.10.